The van der Waals surface area contributed by atoms with Gasteiger partial charge in [-0.2, -0.15) is 0 Å². The molecule has 2 aromatic heterocycles. The Bertz CT molecular complexity index is 2700. The molecule has 0 N–H and O–H groups in total. The van der Waals surface area contributed by atoms with Gasteiger partial charge in [0.05, 0.1) is 16.8 Å². The third-order valence-corrected chi connectivity index (χ3v) is 10.6. The normalized spacial score (nSPS) is 12.9. The Kier molecular flexibility index (Phi) is 6.75. The van der Waals surface area contributed by atoms with Gasteiger partial charge in [0, 0.05) is 23.5 Å². The molecule has 9 aromatic rings. The molecule has 2 heterocycles. The van der Waals surface area contributed by atoms with E-state index in [1.165, 1.54) is 60.5 Å². The molecule has 0 saturated heterocycles. The summed E-state index contributed by atoms with van der Waals surface area (Å²) in [5.74, 6) is 0. The van der Waals surface area contributed by atoms with Crippen molar-refractivity contribution in [2.75, 3.05) is 0 Å². The van der Waals surface area contributed by atoms with Crippen molar-refractivity contribution in [3.05, 3.63) is 217 Å². The predicted molar refractivity (Wildman–Crippen MR) is 211 cm³/mol. The Morgan fingerprint density at radius 3 is 1.49 bits per heavy atom. The van der Waals surface area contributed by atoms with Gasteiger partial charge in [-0.25, -0.2) is 0 Å². The number of nitrogens with zero attached hydrogens (tertiary/aromatic N) is 2. The van der Waals surface area contributed by atoms with Crippen LogP contribution in [0.4, 0.5) is 0 Å². The summed E-state index contributed by atoms with van der Waals surface area (Å²) in [6.07, 6.45) is 3.83. The molecule has 0 radical (unpaired) electrons. The molecule has 0 saturated carbocycles. The van der Waals surface area contributed by atoms with Crippen LogP contribution in [0.1, 0.15) is 22.3 Å². The van der Waals surface area contributed by atoms with Crippen LogP contribution < -0.4 is 0 Å². The van der Waals surface area contributed by atoms with Crippen molar-refractivity contribution in [1.82, 2.24) is 9.97 Å². The molecule has 0 aliphatic heterocycles. The first-order valence-electron chi connectivity index (χ1n) is 17.5. The van der Waals surface area contributed by atoms with E-state index in [0.29, 0.717) is 0 Å². The van der Waals surface area contributed by atoms with E-state index in [1.807, 2.05) is 18.5 Å². The minimum Gasteiger partial charge on any atom is -0.256 e. The lowest BCUT2D eigenvalue weighted by Gasteiger charge is -2.35. The second kappa shape index (κ2) is 11.8. The molecule has 1 aliphatic carbocycles. The average Bonchev–Trinajstić information content (AvgIpc) is 3.52. The summed E-state index contributed by atoms with van der Waals surface area (Å²) >= 11 is 0. The fourth-order valence-corrected chi connectivity index (χ4v) is 8.41. The highest BCUT2D eigenvalue weighted by molar-refractivity contribution is 6.01. The van der Waals surface area contributed by atoms with Crippen molar-refractivity contribution in [2.24, 2.45) is 0 Å². The molecular weight excluding hydrogens is 617 g/mol. The highest BCUT2D eigenvalue weighted by atomic mass is 14.7. The molecule has 0 fully saturated rings. The van der Waals surface area contributed by atoms with Crippen LogP contribution in [0.25, 0.3) is 66.3 Å². The van der Waals surface area contributed by atoms with Gasteiger partial charge in [0.1, 0.15) is 0 Å². The van der Waals surface area contributed by atoms with Crippen molar-refractivity contribution < 1.29 is 0 Å². The molecule has 2 heteroatoms. The highest BCUT2D eigenvalue weighted by Gasteiger charge is 2.46. The van der Waals surface area contributed by atoms with Crippen LogP contribution in [0.3, 0.4) is 0 Å². The Balaban J connectivity index is 1.33. The fraction of sp³-hybridized carbons (Fsp3) is 0.0204. The molecule has 238 valence electrons. The number of hydrogen-bond acceptors (Lipinski definition) is 2. The van der Waals surface area contributed by atoms with Crippen LogP contribution in [0.5, 0.6) is 0 Å². The molecule has 0 atom stereocenters. The van der Waals surface area contributed by atoms with E-state index < -0.39 is 5.41 Å². The van der Waals surface area contributed by atoms with E-state index in [9.17, 15) is 0 Å². The van der Waals surface area contributed by atoms with Crippen LogP contribution in [0.15, 0.2) is 194 Å². The lowest BCUT2D eigenvalue weighted by molar-refractivity contribution is 0.772. The lowest BCUT2D eigenvalue weighted by atomic mass is 9.66. The van der Waals surface area contributed by atoms with Crippen molar-refractivity contribution in [1.29, 1.82) is 0 Å². The Hall–Kier alpha value is -6.64. The summed E-state index contributed by atoms with van der Waals surface area (Å²) in [5, 5.41) is 4.75. The average molecular weight is 649 g/mol. The van der Waals surface area contributed by atoms with Gasteiger partial charge < -0.3 is 0 Å². The summed E-state index contributed by atoms with van der Waals surface area (Å²) in [6, 6.07) is 66.1. The zero-order chi connectivity index (χ0) is 33.8. The first-order chi connectivity index (χ1) is 25.3. The summed E-state index contributed by atoms with van der Waals surface area (Å²) in [6.45, 7) is 0. The van der Waals surface area contributed by atoms with Gasteiger partial charge in [0.15, 0.2) is 0 Å². The summed E-state index contributed by atoms with van der Waals surface area (Å²) in [4.78, 5) is 9.89. The monoisotopic (exact) mass is 648 g/mol. The largest absolute Gasteiger partial charge is 0.256 e. The van der Waals surface area contributed by atoms with Gasteiger partial charge in [-0.15, -0.1) is 0 Å². The topological polar surface area (TPSA) is 25.8 Å². The van der Waals surface area contributed by atoms with Gasteiger partial charge in [-0.3, -0.25) is 9.97 Å². The standard InChI is InChI=1S/C49H32N2/c1-2-14-33(15-3-1)34-25-27-51-48(30-34)44-32-38(29-36-17-5-7-19-40(36)44)49(45-22-10-8-20-41(45)42-21-9-11-23-46(42)49)37-28-35-16-4-6-18-39(35)43(31-37)47-24-12-13-26-50-47/h1-32H. The molecule has 51 heavy (non-hydrogen) atoms. The quantitative estimate of drug-likeness (QED) is 0.186. The zero-order valence-corrected chi connectivity index (χ0v) is 27.9. The molecule has 0 amide bonds. The van der Waals surface area contributed by atoms with Gasteiger partial charge in [0.25, 0.3) is 0 Å². The maximum atomic E-state index is 5.02. The molecule has 0 spiro atoms. The van der Waals surface area contributed by atoms with E-state index in [2.05, 4.69) is 176 Å². The first kappa shape index (κ1) is 29.3. The number of fused-ring (bicyclic) bond motifs is 5. The van der Waals surface area contributed by atoms with Crippen molar-refractivity contribution in [2.45, 2.75) is 5.41 Å². The van der Waals surface area contributed by atoms with E-state index in [4.69, 9.17) is 9.97 Å². The molecule has 0 unspecified atom stereocenters. The van der Waals surface area contributed by atoms with Crippen molar-refractivity contribution in [3.8, 4) is 44.8 Å². The molecular formula is C49H32N2. The van der Waals surface area contributed by atoms with E-state index in [-0.39, 0.29) is 0 Å². The van der Waals surface area contributed by atoms with Crippen LogP contribution in [0.2, 0.25) is 0 Å². The van der Waals surface area contributed by atoms with E-state index >= 15 is 0 Å². The molecule has 1 aliphatic rings. The minimum absolute atomic E-state index is 0.615. The molecule has 7 aromatic carbocycles. The number of pyridine rings is 2. The maximum absolute atomic E-state index is 5.02. The smallest absolute Gasteiger partial charge is 0.0714 e. The minimum atomic E-state index is -0.615. The first-order valence-corrected chi connectivity index (χ1v) is 17.5. The Labute approximate surface area is 297 Å². The third kappa shape index (κ3) is 4.57. The summed E-state index contributed by atoms with van der Waals surface area (Å²) in [5.41, 5.74) is 13.4. The van der Waals surface area contributed by atoms with Crippen molar-refractivity contribution >= 4 is 21.5 Å². The van der Waals surface area contributed by atoms with E-state index in [0.717, 1.165) is 28.1 Å². The Morgan fingerprint density at radius 2 is 0.863 bits per heavy atom. The molecule has 0 bridgehead atoms. The number of aromatic nitrogens is 2. The fourth-order valence-electron chi connectivity index (χ4n) is 8.41. The second-order valence-corrected chi connectivity index (χ2v) is 13.3. The molecule has 10 rings (SSSR count). The van der Waals surface area contributed by atoms with Gasteiger partial charge in [-0.1, -0.05) is 133 Å². The number of hydrogen-bond donors (Lipinski definition) is 0. The van der Waals surface area contributed by atoms with Gasteiger partial charge in [-0.05, 0) is 115 Å². The van der Waals surface area contributed by atoms with E-state index in [1.54, 1.807) is 0 Å². The SMILES string of the molecule is c1ccc(-c2ccnc(-c3cc(C4(c5cc(-c6ccccn6)c6ccccc6c5)c5ccccc5-c5ccccc54)cc4ccccc34)c2)cc1. The maximum Gasteiger partial charge on any atom is 0.0714 e. The van der Waals surface area contributed by atoms with Crippen LogP contribution in [-0.4, -0.2) is 9.97 Å². The van der Waals surface area contributed by atoms with Gasteiger partial charge in [0.2, 0.25) is 0 Å². The zero-order valence-electron chi connectivity index (χ0n) is 27.9. The predicted octanol–water partition coefficient (Wildman–Crippen LogP) is 12.1. The highest BCUT2D eigenvalue weighted by Crippen LogP contribution is 2.57. The summed E-state index contributed by atoms with van der Waals surface area (Å²) < 4.78 is 0. The number of rotatable bonds is 5. The van der Waals surface area contributed by atoms with Crippen LogP contribution in [0, 0.1) is 0 Å². The Morgan fingerprint density at radius 1 is 0.333 bits per heavy atom. The van der Waals surface area contributed by atoms with Gasteiger partial charge >= 0.3 is 0 Å². The molecule has 2 nitrogen and oxygen atoms in total. The second-order valence-electron chi connectivity index (χ2n) is 13.3. The number of benzene rings is 7. The summed E-state index contributed by atoms with van der Waals surface area (Å²) in [7, 11) is 0. The third-order valence-electron chi connectivity index (χ3n) is 10.6. The van der Waals surface area contributed by atoms with Crippen LogP contribution >= 0.6 is 0 Å². The lowest BCUT2D eigenvalue weighted by Crippen LogP contribution is -2.29. The van der Waals surface area contributed by atoms with Crippen LogP contribution in [-0.2, 0) is 5.41 Å². The van der Waals surface area contributed by atoms with Crippen molar-refractivity contribution in [3.63, 3.8) is 0 Å².